The third-order valence-electron chi connectivity index (χ3n) is 3.59. The number of hydrogen-bond acceptors (Lipinski definition) is 8. The Balaban J connectivity index is 5.20. The van der Waals surface area contributed by atoms with E-state index in [0.29, 0.717) is 0 Å². The van der Waals surface area contributed by atoms with Gasteiger partial charge in [-0.3, -0.25) is 0 Å². The SMILES string of the molecule is CCOC(B(O)O)C(B(O)O)B(O)OC(C)(C)C(C)(C)O. The van der Waals surface area contributed by atoms with Crippen molar-refractivity contribution >= 4 is 21.4 Å². The van der Waals surface area contributed by atoms with Crippen LogP contribution in [0.4, 0.5) is 0 Å². The van der Waals surface area contributed by atoms with Gasteiger partial charge in [0, 0.05) is 6.61 Å². The molecule has 0 fully saturated rings. The molecule has 21 heavy (non-hydrogen) atoms. The van der Waals surface area contributed by atoms with Crippen molar-refractivity contribution in [2.24, 2.45) is 0 Å². The van der Waals surface area contributed by atoms with Crippen molar-refractivity contribution in [1.29, 1.82) is 0 Å². The standard InChI is InChI=1S/C10H25B3O8/c1-6-20-8(12(17)18)7(11(15)16)13(19)21-10(4,5)9(2,3)14/h7-8,14-19H,6H2,1-5H3. The van der Waals surface area contributed by atoms with Crippen LogP contribution in [0.25, 0.3) is 0 Å². The predicted octanol–water partition coefficient (Wildman–Crippen LogP) is -2.17. The van der Waals surface area contributed by atoms with E-state index in [1.807, 2.05) is 0 Å². The molecule has 2 unspecified atom stereocenters. The highest BCUT2D eigenvalue weighted by atomic mass is 16.6. The van der Waals surface area contributed by atoms with Gasteiger partial charge in [-0.25, -0.2) is 0 Å². The zero-order valence-electron chi connectivity index (χ0n) is 13.1. The second kappa shape index (κ2) is 7.93. The summed E-state index contributed by atoms with van der Waals surface area (Å²) in [4.78, 5) is 0. The molecule has 11 heteroatoms. The van der Waals surface area contributed by atoms with Gasteiger partial charge in [0.15, 0.2) is 0 Å². The van der Waals surface area contributed by atoms with Crippen LogP contribution in [-0.2, 0) is 9.39 Å². The van der Waals surface area contributed by atoms with Gasteiger partial charge in [-0.05, 0) is 34.6 Å². The summed E-state index contributed by atoms with van der Waals surface area (Å²) in [7, 11) is -5.96. The van der Waals surface area contributed by atoms with Gasteiger partial charge >= 0.3 is 21.4 Å². The molecule has 2 atom stereocenters. The molecule has 0 radical (unpaired) electrons. The third-order valence-corrected chi connectivity index (χ3v) is 3.59. The molecule has 8 nitrogen and oxygen atoms in total. The molecule has 0 rings (SSSR count). The van der Waals surface area contributed by atoms with E-state index >= 15 is 0 Å². The second-order valence-corrected chi connectivity index (χ2v) is 5.90. The maximum atomic E-state index is 10.1. The largest absolute Gasteiger partial charge is 0.481 e. The Morgan fingerprint density at radius 1 is 0.952 bits per heavy atom. The van der Waals surface area contributed by atoms with Gasteiger partial charge in [0.2, 0.25) is 0 Å². The van der Waals surface area contributed by atoms with Crippen LogP contribution < -0.4 is 0 Å². The number of hydrogen-bond donors (Lipinski definition) is 6. The van der Waals surface area contributed by atoms with Gasteiger partial charge in [0.05, 0.1) is 22.9 Å². The molecule has 0 amide bonds. The molecule has 0 saturated carbocycles. The Bertz CT molecular complexity index is 307. The molecule has 0 saturated heterocycles. The summed E-state index contributed by atoms with van der Waals surface area (Å²) in [5.74, 6) is 0. The highest BCUT2D eigenvalue weighted by Crippen LogP contribution is 2.30. The molecule has 0 aliphatic heterocycles. The smallest absolute Gasteiger partial charge is 0.427 e. The van der Waals surface area contributed by atoms with E-state index < -0.39 is 44.3 Å². The Morgan fingerprint density at radius 3 is 1.71 bits per heavy atom. The normalized spacial score (nSPS) is 15.6. The van der Waals surface area contributed by atoms with Crippen LogP contribution >= 0.6 is 0 Å². The highest BCUT2D eigenvalue weighted by Gasteiger charge is 2.51. The van der Waals surface area contributed by atoms with E-state index in [0.717, 1.165) is 0 Å². The van der Waals surface area contributed by atoms with Crippen LogP contribution in [0.1, 0.15) is 34.6 Å². The lowest BCUT2D eigenvalue weighted by Gasteiger charge is -2.40. The average Bonchev–Trinajstić information content (AvgIpc) is 2.25. The monoisotopic (exact) mass is 306 g/mol. The lowest BCUT2D eigenvalue weighted by Crippen LogP contribution is -2.56. The van der Waals surface area contributed by atoms with E-state index in [-0.39, 0.29) is 6.61 Å². The fourth-order valence-electron chi connectivity index (χ4n) is 1.59. The Kier molecular flexibility index (Phi) is 7.89. The highest BCUT2D eigenvalue weighted by molar-refractivity contribution is 6.68. The zero-order valence-corrected chi connectivity index (χ0v) is 13.1. The van der Waals surface area contributed by atoms with Gasteiger partial charge in [0.1, 0.15) is 0 Å². The second-order valence-electron chi connectivity index (χ2n) is 5.90. The fraction of sp³-hybridized carbons (Fsp3) is 1.00. The molecule has 0 heterocycles. The summed E-state index contributed by atoms with van der Waals surface area (Å²) in [5, 5.41) is 57.3. The van der Waals surface area contributed by atoms with Gasteiger partial charge in [0.25, 0.3) is 0 Å². The van der Waals surface area contributed by atoms with Crippen LogP contribution in [0.5, 0.6) is 0 Å². The molecule has 0 aromatic rings. The van der Waals surface area contributed by atoms with Crippen LogP contribution in [0.2, 0.25) is 5.72 Å². The Hall–Kier alpha value is -0.125. The van der Waals surface area contributed by atoms with Gasteiger partial charge < -0.3 is 39.6 Å². The van der Waals surface area contributed by atoms with Crippen LogP contribution in [0.15, 0.2) is 0 Å². The topological polar surface area (TPSA) is 140 Å². The summed E-state index contributed by atoms with van der Waals surface area (Å²) >= 11 is 0. The number of rotatable bonds is 9. The van der Waals surface area contributed by atoms with Crippen molar-refractivity contribution in [2.45, 2.75) is 57.5 Å². The average molecular weight is 306 g/mol. The van der Waals surface area contributed by atoms with Crippen LogP contribution in [0, 0.1) is 0 Å². The Labute approximate surface area is 126 Å². The number of aliphatic hydroxyl groups is 1. The summed E-state index contributed by atoms with van der Waals surface area (Å²) in [6.45, 7) is 7.57. The molecular formula is C10H25B3O8. The van der Waals surface area contributed by atoms with E-state index in [9.17, 15) is 30.2 Å². The van der Waals surface area contributed by atoms with E-state index in [4.69, 9.17) is 9.39 Å². The number of ether oxygens (including phenoxy) is 1. The molecule has 0 spiro atoms. The third kappa shape index (κ3) is 5.88. The van der Waals surface area contributed by atoms with Gasteiger partial charge in [-0.15, -0.1) is 0 Å². The Morgan fingerprint density at radius 2 is 1.43 bits per heavy atom. The molecule has 0 aliphatic rings. The first-order valence-electron chi connectivity index (χ1n) is 6.77. The van der Waals surface area contributed by atoms with Crippen LogP contribution in [-0.4, -0.2) is 75.4 Å². The lowest BCUT2D eigenvalue weighted by molar-refractivity contribution is -0.102. The first-order valence-corrected chi connectivity index (χ1v) is 6.77. The fourth-order valence-corrected chi connectivity index (χ4v) is 1.59. The van der Waals surface area contributed by atoms with E-state index in [1.165, 1.54) is 27.7 Å². The van der Waals surface area contributed by atoms with Crippen molar-refractivity contribution in [3.8, 4) is 0 Å². The minimum absolute atomic E-state index is 0.0626. The van der Waals surface area contributed by atoms with Crippen molar-refractivity contribution in [2.75, 3.05) is 6.61 Å². The zero-order chi connectivity index (χ0) is 17.0. The van der Waals surface area contributed by atoms with E-state index in [1.54, 1.807) is 6.92 Å². The molecule has 0 aromatic heterocycles. The lowest BCUT2D eigenvalue weighted by atomic mass is 9.44. The maximum absolute atomic E-state index is 10.1. The molecule has 0 aliphatic carbocycles. The summed E-state index contributed by atoms with van der Waals surface area (Å²) in [6, 6.07) is -1.47. The molecular weight excluding hydrogens is 281 g/mol. The molecule has 0 aromatic carbocycles. The first kappa shape index (κ1) is 20.9. The van der Waals surface area contributed by atoms with E-state index in [2.05, 4.69) is 0 Å². The minimum Gasteiger partial charge on any atom is -0.427 e. The summed E-state index contributed by atoms with van der Waals surface area (Å²) < 4.78 is 10.3. The predicted molar refractivity (Wildman–Crippen MR) is 79.0 cm³/mol. The summed E-state index contributed by atoms with van der Waals surface area (Å²) in [5.41, 5.74) is -4.11. The maximum Gasteiger partial charge on any atom is 0.481 e. The first-order chi connectivity index (χ1) is 9.35. The van der Waals surface area contributed by atoms with Crippen molar-refractivity contribution in [1.82, 2.24) is 0 Å². The summed E-state index contributed by atoms with van der Waals surface area (Å²) in [6.07, 6.45) is 0. The van der Waals surface area contributed by atoms with Gasteiger partial charge in [-0.2, -0.15) is 0 Å². The quantitative estimate of drug-likeness (QED) is 0.265. The molecule has 6 N–H and O–H groups in total. The van der Waals surface area contributed by atoms with Gasteiger partial charge in [-0.1, -0.05) is 0 Å². The van der Waals surface area contributed by atoms with Crippen molar-refractivity contribution in [3.05, 3.63) is 0 Å². The molecule has 0 bridgehead atoms. The van der Waals surface area contributed by atoms with Crippen molar-refractivity contribution in [3.63, 3.8) is 0 Å². The van der Waals surface area contributed by atoms with Crippen molar-refractivity contribution < 1.29 is 39.6 Å². The van der Waals surface area contributed by atoms with Crippen LogP contribution in [0.3, 0.4) is 0 Å². The molecule has 122 valence electrons. The minimum atomic E-state index is -2.11.